The molecule has 2 aromatic heterocycles. The molecular formula is C27H14Br2F8N2O2. The van der Waals surface area contributed by atoms with Crippen molar-refractivity contribution in [1.29, 1.82) is 0 Å². The molecule has 3 heterocycles. The van der Waals surface area contributed by atoms with Gasteiger partial charge in [-0.05, 0) is 80.4 Å². The van der Waals surface area contributed by atoms with Crippen molar-refractivity contribution >= 4 is 37.6 Å². The molecule has 4 nitrogen and oxygen atoms in total. The Morgan fingerprint density at radius 3 is 1.73 bits per heavy atom. The van der Waals surface area contributed by atoms with Crippen LogP contribution in [0.4, 0.5) is 35.1 Å². The molecule has 0 spiro atoms. The van der Waals surface area contributed by atoms with Crippen molar-refractivity contribution in [3.05, 3.63) is 128 Å². The molecule has 0 bridgehead atoms. The summed E-state index contributed by atoms with van der Waals surface area (Å²) in [6.07, 6.45) is 2.32. The fraction of sp³-hybridized carbons (Fsp3) is 0.148. The van der Waals surface area contributed by atoms with Gasteiger partial charge in [0, 0.05) is 39.0 Å². The maximum absolute atomic E-state index is 14.6. The first-order valence-corrected chi connectivity index (χ1v) is 12.9. The molecule has 1 unspecified atom stereocenters. The Balaban J connectivity index is 0.000000189. The van der Waals surface area contributed by atoms with Crippen LogP contribution in [0.1, 0.15) is 27.3 Å². The summed E-state index contributed by atoms with van der Waals surface area (Å²) >= 11 is 6.12. The number of ketones is 1. The van der Waals surface area contributed by atoms with Crippen molar-refractivity contribution in [2.24, 2.45) is 0 Å². The van der Waals surface area contributed by atoms with E-state index < -0.39 is 63.4 Å². The fourth-order valence-corrected chi connectivity index (χ4v) is 4.15. The zero-order valence-corrected chi connectivity index (χ0v) is 23.3. The number of hydrogen-bond donors (Lipinski definition) is 0. The summed E-state index contributed by atoms with van der Waals surface area (Å²) in [6.45, 7) is -0.361. The van der Waals surface area contributed by atoms with Crippen molar-refractivity contribution in [2.75, 3.05) is 6.61 Å². The third-order valence-electron chi connectivity index (χ3n) is 5.87. The standard InChI is InChI=1S/C14H8BrF4NO.C13H6BrF4NO/c15-8-1-4-12(20-6-8)14(18,19)13(7-21-13)10-3-2-9(16)5-11(10)17;14-7-1-4-11(19-6-7)13(17,18)12(20)9-3-2-8(15)5-10(9)16/h1-6H,7H2;1-6H. The van der Waals surface area contributed by atoms with Crippen LogP contribution in [-0.4, -0.2) is 22.4 Å². The second-order valence-corrected chi connectivity index (χ2v) is 10.4. The summed E-state index contributed by atoms with van der Waals surface area (Å²) in [4.78, 5) is 18.8. The van der Waals surface area contributed by atoms with Gasteiger partial charge in [-0.2, -0.15) is 17.6 Å². The number of nitrogens with zero attached hydrogens (tertiary/aromatic N) is 2. The molecule has 0 saturated carbocycles. The normalized spacial score (nSPS) is 16.5. The van der Waals surface area contributed by atoms with Crippen molar-refractivity contribution in [2.45, 2.75) is 17.4 Å². The maximum atomic E-state index is 14.6. The molecule has 14 heteroatoms. The first-order chi connectivity index (χ1) is 19.2. The van der Waals surface area contributed by atoms with Crippen molar-refractivity contribution < 1.29 is 44.7 Å². The van der Waals surface area contributed by atoms with E-state index in [2.05, 4.69) is 41.8 Å². The maximum Gasteiger partial charge on any atom is 0.351 e. The van der Waals surface area contributed by atoms with Crippen LogP contribution >= 0.6 is 31.9 Å². The van der Waals surface area contributed by atoms with E-state index >= 15 is 0 Å². The van der Waals surface area contributed by atoms with Crippen molar-refractivity contribution in [3.63, 3.8) is 0 Å². The third kappa shape index (κ3) is 6.19. The number of ether oxygens (including phenoxy) is 1. The van der Waals surface area contributed by atoms with Gasteiger partial charge in [0.1, 0.15) is 34.7 Å². The molecule has 0 amide bonds. The average Bonchev–Trinajstić information content (AvgIpc) is 3.72. The molecule has 1 fully saturated rings. The molecule has 0 radical (unpaired) electrons. The second-order valence-electron chi connectivity index (χ2n) is 8.57. The summed E-state index contributed by atoms with van der Waals surface area (Å²) in [5.74, 6) is -13.5. The summed E-state index contributed by atoms with van der Waals surface area (Å²) in [5, 5.41) is 0. The van der Waals surface area contributed by atoms with Crippen LogP contribution in [0.5, 0.6) is 0 Å². The van der Waals surface area contributed by atoms with E-state index in [1.54, 1.807) is 0 Å². The predicted octanol–water partition coefficient (Wildman–Crippen LogP) is 8.24. The van der Waals surface area contributed by atoms with E-state index in [0.717, 1.165) is 36.5 Å². The van der Waals surface area contributed by atoms with Crippen LogP contribution in [-0.2, 0) is 22.2 Å². The Hall–Kier alpha value is -3.23. The van der Waals surface area contributed by atoms with E-state index in [9.17, 15) is 39.9 Å². The number of pyridine rings is 2. The third-order valence-corrected chi connectivity index (χ3v) is 6.80. The van der Waals surface area contributed by atoms with Gasteiger partial charge >= 0.3 is 11.8 Å². The first-order valence-electron chi connectivity index (χ1n) is 11.3. The van der Waals surface area contributed by atoms with E-state index in [0.29, 0.717) is 27.1 Å². The number of carbonyl (C=O) groups excluding carboxylic acids is 1. The number of Topliss-reactive ketones (excluding diaryl/α,β-unsaturated/α-hetero) is 1. The van der Waals surface area contributed by atoms with Gasteiger partial charge in [-0.25, -0.2) is 17.6 Å². The van der Waals surface area contributed by atoms with Crippen LogP contribution in [0.15, 0.2) is 82.0 Å². The number of benzene rings is 2. The van der Waals surface area contributed by atoms with Crippen molar-refractivity contribution in [1.82, 2.24) is 9.97 Å². The van der Waals surface area contributed by atoms with Crippen LogP contribution in [0, 0.1) is 23.3 Å². The largest absolute Gasteiger partial charge is 0.357 e. The van der Waals surface area contributed by atoms with E-state index in [4.69, 9.17) is 4.74 Å². The summed E-state index contributed by atoms with van der Waals surface area (Å²) in [7, 11) is 0. The first kappa shape index (κ1) is 30.7. The quantitative estimate of drug-likeness (QED) is 0.115. The fourth-order valence-electron chi connectivity index (χ4n) is 3.68. The minimum Gasteiger partial charge on any atom is -0.357 e. The zero-order chi connectivity index (χ0) is 30.2. The minimum atomic E-state index is -4.00. The highest BCUT2D eigenvalue weighted by Crippen LogP contribution is 2.56. The molecule has 4 aromatic rings. The van der Waals surface area contributed by atoms with E-state index in [1.165, 1.54) is 18.3 Å². The molecule has 214 valence electrons. The molecule has 0 aliphatic carbocycles. The lowest BCUT2D eigenvalue weighted by Gasteiger charge is -2.24. The van der Waals surface area contributed by atoms with Gasteiger partial charge in [-0.15, -0.1) is 0 Å². The van der Waals surface area contributed by atoms with E-state index in [-0.39, 0.29) is 12.2 Å². The van der Waals surface area contributed by atoms with Gasteiger partial charge in [-0.1, -0.05) is 0 Å². The van der Waals surface area contributed by atoms with Crippen LogP contribution < -0.4 is 0 Å². The van der Waals surface area contributed by atoms with E-state index in [1.807, 2.05) is 0 Å². The predicted molar refractivity (Wildman–Crippen MR) is 136 cm³/mol. The molecule has 5 rings (SSSR count). The van der Waals surface area contributed by atoms with Gasteiger partial charge in [0.2, 0.25) is 5.78 Å². The monoisotopic (exact) mass is 708 g/mol. The van der Waals surface area contributed by atoms with Gasteiger partial charge in [0.15, 0.2) is 5.60 Å². The lowest BCUT2D eigenvalue weighted by Crippen LogP contribution is -2.34. The van der Waals surface area contributed by atoms with Gasteiger partial charge in [-0.3, -0.25) is 14.8 Å². The number of alkyl halides is 4. The highest BCUT2D eigenvalue weighted by atomic mass is 79.9. The summed E-state index contributed by atoms with van der Waals surface area (Å²) < 4.78 is 116. The Bertz CT molecular complexity index is 1580. The summed E-state index contributed by atoms with van der Waals surface area (Å²) in [6, 6.07) is 9.02. The smallest absolute Gasteiger partial charge is 0.351 e. The van der Waals surface area contributed by atoms with Crippen LogP contribution in [0.3, 0.4) is 0 Å². The minimum absolute atomic E-state index is 0.361. The second kappa shape index (κ2) is 11.6. The molecule has 1 aliphatic heterocycles. The lowest BCUT2D eigenvalue weighted by atomic mass is 9.90. The molecule has 41 heavy (non-hydrogen) atoms. The van der Waals surface area contributed by atoms with Crippen LogP contribution in [0.25, 0.3) is 0 Å². The average molecular weight is 710 g/mol. The molecule has 1 aliphatic rings. The molecular weight excluding hydrogens is 696 g/mol. The van der Waals surface area contributed by atoms with Crippen molar-refractivity contribution in [3.8, 4) is 0 Å². The van der Waals surface area contributed by atoms with Gasteiger partial charge in [0.25, 0.3) is 0 Å². The van der Waals surface area contributed by atoms with Gasteiger partial charge < -0.3 is 4.74 Å². The Morgan fingerprint density at radius 1 is 0.756 bits per heavy atom. The molecule has 1 saturated heterocycles. The number of aromatic nitrogens is 2. The molecule has 0 N–H and O–H groups in total. The number of halogens is 10. The number of hydrogen-bond acceptors (Lipinski definition) is 4. The number of epoxide rings is 1. The van der Waals surface area contributed by atoms with Gasteiger partial charge in [0.05, 0.1) is 12.2 Å². The summed E-state index contributed by atoms with van der Waals surface area (Å²) in [5.41, 5.74) is -4.74. The zero-order valence-electron chi connectivity index (χ0n) is 20.1. The highest BCUT2D eigenvalue weighted by Gasteiger charge is 2.68. The van der Waals surface area contributed by atoms with Crippen LogP contribution in [0.2, 0.25) is 0 Å². The Kier molecular flexibility index (Phi) is 8.67. The SMILES string of the molecule is Fc1ccc(C2(C(F)(F)c3ccc(Br)cn3)CO2)c(F)c1.O=C(c1ccc(F)cc1F)C(F)(F)c1ccc(Br)cn1. The Morgan fingerprint density at radius 2 is 1.27 bits per heavy atom. The Labute approximate surface area is 243 Å². The highest BCUT2D eigenvalue weighted by molar-refractivity contribution is 9.10. The number of carbonyl (C=O) groups is 1. The molecule has 1 atom stereocenters. The lowest BCUT2D eigenvalue weighted by molar-refractivity contribution is -0.0901. The molecule has 2 aromatic carbocycles. The topological polar surface area (TPSA) is 55.4 Å². The number of rotatable bonds is 6.